The van der Waals surface area contributed by atoms with Crippen molar-refractivity contribution in [3.05, 3.63) is 29.1 Å². The van der Waals surface area contributed by atoms with E-state index in [0.717, 1.165) is 0 Å². The Hall–Kier alpha value is -2.02. The van der Waals surface area contributed by atoms with Crippen LogP contribution in [0.15, 0.2) is 12.1 Å². The Kier molecular flexibility index (Phi) is 3.90. The predicted molar refractivity (Wildman–Crippen MR) is 61.1 cm³/mol. The number of hydrogen-bond donors (Lipinski definition) is 2. The van der Waals surface area contributed by atoms with E-state index in [4.69, 9.17) is 5.73 Å². The van der Waals surface area contributed by atoms with Gasteiger partial charge in [-0.15, -0.1) is 0 Å². The molecule has 0 unspecified atom stereocenters. The van der Waals surface area contributed by atoms with Crippen LogP contribution in [0.2, 0.25) is 0 Å². The largest absolute Gasteiger partial charge is 0.397 e. The van der Waals surface area contributed by atoms with Gasteiger partial charge in [-0.25, -0.2) is 4.39 Å². The number of carbonyl (C=O) groups is 1. The van der Waals surface area contributed by atoms with Crippen LogP contribution in [-0.2, 0) is 4.79 Å². The van der Waals surface area contributed by atoms with E-state index in [0.29, 0.717) is 16.8 Å². The summed E-state index contributed by atoms with van der Waals surface area (Å²) in [6.45, 7) is 3.35. The van der Waals surface area contributed by atoms with E-state index in [9.17, 15) is 9.18 Å². The number of hydrogen-bond acceptors (Lipinski definition) is 2. The summed E-state index contributed by atoms with van der Waals surface area (Å²) in [5.41, 5.74) is 7.31. The van der Waals surface area contributed by atoms with Crippen LogP contribution in [0.4, 0.5) is 10.1 Å². The molecule has 1 rings (SSSR count). The summed E-state index contributed by atoms with van der Waals surface area (Å²) in [7, 11) is 0. The van der Waals surface area contributed by atoms with Crippen molar-refractivity contribution >= 4 is 11.6 Å². The predicted octanol–water partition coefficient (Wildman–Crippen LogP) is 1.20. The molecule has 0 heterocycles. The summed E-state index contributed by atoms with van der Waals surface area (Å²) in [6, 6.07) is 2.64. The number of benzene rings is 1. The van der Waals surface area contributed by atoms with E-state index < -0.39 is 0 Å². The van der Waals surface area contributed by atoms with Crippen LogP contribution in [0.1, 0.15) is 18.1 Å². The Morgan fingerprint density at radius 3 is 2.88 bits per heavy atom. The van der Waals surface area contributed by atoms with E-state index in [-0.39, 0.29) is 18.3 Å². The fourth-order valence-corrected chi connectivity index (χ4v) is 1.17. The van der Waals surface area contributed by atoms with Gasteiger partial charge in [0.1, 0.15) is 5.82 Å². The third-order valence-electron chi connectivity index (χ3n) is 2.00. The van der Waals surface area contributed by atoms with Gasteiger partial charge in [-0.1, -0.05) is 11.8 Å². The molecule has 0 atom stereocenters. The maximum Gasteiger partial charge on any atom is 0.217 e. The molecule has 1 amide bonds. The number of rotatable bonds is 1. The van der Waals surface area contributed by atoms with E-state index in [1.165, 1.54) is 19.1 Å². The molecule has 3 nitrogen and oxygen atoms in total. The number of nitrogen functional groups attached to an aromatic ring is 1. The molecule has 0 aliphatic rings. The van der Waals surface area contributed by atoms with Gasteiger partial charge in [0.2, 0.25) is 5.91 Å². The van der Waals surface area contributed by atoms with Crippen molar-refractivity contribution in [3.8, 4) is 11.8 Å². The summed E-state index contributed by atoms with van der Waals surface area (Å²) in [5, 5.41) is 2.52. The van der Waals surface area contributed by atoms with Gasteiger partial charge < -0.3 is 11.1 Å². The highest BCUT2D eigenvalue weighted by Gasteiger charge is 2.02. The molecular formula is C12H13FN2O. The minimum Gasteiger partial charge on any atom is -0.397 e. The lowest BCUT2D eigenvalue weighted by atomic mass is 10.1. The first kappa shape index (κ1) is 12.1. The standard InChI is InChI=1S/C12H13FN2O/c1-8-6-11(13)7-10(12(8)14)4-3-5-15-9(2)16/h6-7H,5,14H2,1-2H3,(H,15,16). The van der Waals surface area contributed by atoms with Crippen molar-refractivity contribution < 1.29 is 9.18 Å². The zero-order valence-corrected chi connectivity index (χ0v) is 9.23. The SMILES string of the molecule is CC(=O)NCC#Cc1cc(F)cc(C)c1N. The first-order chi connectivity index (χ1) is 7.50. The maximum atomic E-state index is 13.1. The third kappa shape index (κ3) is 3.28. The summed E-state index contributed by atoms with van der Waals surface area (Å²) in [4.78, 5) is 10.6. The van der Waals surface area contributed by atoms with Gasteiger partial charge in [0, 0.05) is 6.92 Å². The second kappa shape index (κ2) is 5.17. The van der Waals surface area contributed by atoms with Gasteiger partial charge in [-0.2, -0.15) is 0 Å². The van der Waals surface area contributed by atoms with Crippen LogP contribution in [0.5, 0.6) is 0 Å². The van der Waals surface area contributed by atoms with Gasteiger partial charge >= 0.3 is 0 Å². The van der Waals surface area contributed by atoms with Crippen LogP contribution < -0.4 is 11.1 Å². The Morgan fingerprint density at radius 1 is 1.56 bits per heavy atom. The normalized spacial score (nSPS) is 9.19. The second-order valence-corrected chi connectivity index (χ2v) is 3.40. The molecule has 1 aromatic rings. The highest BCUT2D eigenvalue weighted by molar-refractivity contribution is 5.73. The smallest absolute Gasteiger partial charge is 0.217 e. The van der Waals surface area contributed by atoms with E-state index in [1.807, 2.05) is 0 Å². The molecule has 0 aliphatic heterocycles. The highest BCUT2D eigenvalue weighted by Crippen LogP contribution is 2.17. The molecule has 84 valence electrons. The van der Waals surface area contributed by atoms with Crippen molar-refractivity contribution in [2.75, 3.05) is 12.3 Å². The Morgan fingerprint density at radius 2 is 2.25 bits per heavy atom. The van der Waals surface area contributed by atoms with E-state index >= 15 is 0 Å². The van der Waals surface area contributed by atoms with Crippen molar-refractivity contribution in [3.63, 3.8) is 0 Å². The number of nitrogens with two attached hydrogens (primary N) is 1. The molecule has 4 heteroatoms. The molecule has 0 saturated heterocycles. The number of anilines is 1. The monoisotopic (exact) mass is 220 g/mol. The molecule has 1 aromatic carbocycles. The molecule has 0 spiro atoms. The quantitative estimate of drug-likeness (QED) is 0.552. The van der Waals surface area contributed by atoms with Gasteiger partial charge in [-0.05, 0) is 24.6 Å². The number of amides is 1. The zero-order valence-electron chi connectivity index (χ0n) is 9.23. The lowest BCUT2D eigenvalue weighted by molar-refractivity contribution is -0.118. The van der Waals surface area contributed by atoms with Crippen LogP contribution in [-0.4, -0.2) is 12.5 Å². The number of aryl methyl sites for hydroxylation is 1. The van der Waals surface area contributed by atoms with E-state index in [2.05, 4.69) is 17.2 Å². The lowest BCUT2D eigenvalue weighted by Gasteiger charge is -2.02. The average molecular weight is 220 g/mol. The van der Waals surface area contributed by atoms with Gasteiger partial charge in [0.25, 0.3) is 0 Å². The molecule has 0 bridgehead atoms. The highest BCUT2D eigenvalue weighted by atomic mass is 19.1. The zero-order chi connectivity index (χ0) is 12.1. The van der Waals surface area contributed by atoms with Gasteiger partial charge in [0.15, 0.2) is 0 Å². The number of halogens is 1. The average Bonchev–Trinajstić information content (AvgIpc) is 2.19. The lowest BCUT2D eigenvalue weighted by Crippen LogP contribution is -2.19. The van der Waals surface area contributed by atoms with Crippen molar-refractivity contribution in [1.29, 1.82) is 0 Å². The molecule has 0 fully saturated rings. The molecule has 16 heavy (non-hydrogen) atoms. The molecule has 0 saturated carbocycles. The Bertz CT molecular complexity index is 472. The summed E-state index contributed by atoms with van der Waals surface area (Å²) >= 11 is 0. The Balaban J connectivity index is 2.84. The molecule has 0 radical (unpaired) electrons. The first-order valence-corrected chi connectivity index (χ1v) is 4.79. The molecule has 0 aliphatic carbocycles. The second-order valence-electron chi connectivity index (χ2n) is 3.40. The third-order valence-corrected chi connectivity index (χ3v) is 2.00. The van der Waals surface area contributed by atoms with Crippen molar-refractivity contribution in [1.82, 2.24) is 5.32 Å². The molecule has 3 N–H and O–H groups in total. The minimum absolute atomic E-state index is 0.155. The Labute approximate surface area is 93.8 Å². The fourth-order valence-electron chi connectivity index (χ4n) is 1.17. The maximum absolute atomic E-state index is 13.1. The number of nitrogens with one attached hydrogen (secondary N) is 1. The van der Waals surface area contributed by atoms with Gasteiger partial charge in [-0.3, -0.25) is 4.79 Å². The summed E-state index contributed by atoms with van der Waals surface area (Å²) in [5.74, 6) is 4.90. The van der Waals surface area contributed by atoms with E-state index in [1.54, 1.807) is 6.92 Å². The first-order valence-electron chi connectivity index (χ1n) is 4.79. The summed E-state index contributed by atoms with van der Waals surface area (Å²) < 4.78 is 13.1. The molecule has 0 aromatic heterocycles. The van der Waals surface area contributed by atoms with Gasteiger partial charge in [0.05, 0.1) is 17.8 Å². The summed E-state index contributed by atoms with van der Waals surface area (Å²) in [6.07, 6.45) is 0. The fraction of sp³-hybridized carbons (Fsp3) is 0.250. The van der Waals surface area contributed by atoms with Crippen LogP contribution >= 0.6 is 0 Å². The van der Waals surface area contributed by atoms with Crippen LogP contribution in [0, 0.1) is 24.6 Å². The van der Waals surface area contributed by atoms with Crippen LogP contribution in [0.25, 0.3) is 0 Å². The number of carbonyl (C=O) groups excluding carboxylic acids is 1. The van der Waals surface area contributed by atoms with Crippen LogP contribution in [0.3, 0.4) is 0 Å². The van der Waals surface area contributed by atoms with Crippen molar-refractivity contribution in [2.45, 2.75) is 13.8 Å². The molecular weight excluding hydrogens is 207 g/mol. The topological polar surface area (TPSA) is 55.1 Å². The minimum atomic E-state index is -0.365. The van der Waals surface area contributed by atoms with Crippen molar-refractivity contribution in [2.24, 2.45) is 0 Å².